The second-order valence-corrected chi connectivity index (χ2v) is 7.73. The molecule has 0 aliphatic heterocycles. The number of hydrogen-bond acceptors (Lipinski definition) is 8. The van der Waals surface area contributed by atoms with Gasteiger partial charge in [0, 0.05) is 18.1 Å². The minimum atomic E-state index is -0.848. The number of aromatic nitrogens is 3. The number of aryl methyl sites for hydroxylation is 1. The number of rotatable bonds is 7. The molecule has 0 fully saturated rings. The third-order valence-corrected chi connectivity index (χ3v) is 5.61. The number of aromatic amines is 1. The van der Waals surface area contributed by atoms with E-state index in [0.717, 1.165) is 26.4 Å². The lowest BCUT2D eigenvalue weighted by Crippen LogP contribution is -2.41. The first-order chi connectivity index (χ1) is 15.2. The van der Waals surface area contributed by atoms with Gasteiger partial charge in [-0.25, -0.2) is 4.79 Å². The van der Waals surface area contributed by atoms with Crippen LogP contribution in [0.4, 0.5) is 11.5 Å². The minimum Gasteiger partial charge on any atom is -0.454 e. The van der Waals surface area contributed by atoms with Crippen LogP contribution >= 0.6 is 11.3 Å². The summed E-state index contributed by atoms with van der Waals surface area (Å²) < 4.78 is 7.31. The molecule has 3 rings (SSSR count). The number of benzene rings is 1. The van der Waals surface area contributed by atoms with Crippen molar-refractivity contribution >= 4 is 34.7 Å². The van der Waals surface area contributed by atoms with Gasteiger partial charge in [0.15, 0.2) is 12.3 Å². The highest BCUT2D eigenvalue weighted by Crippen LogP contribution is 2.16. The normalized spacial score (nSPS) is 10.7. The molecule has 0 saturated heterocycles. The minimum absolute atomic E-state index is 0.0844. The van der Waals surface area contributed by atoms with Crippen molar-refractivity contribution in [3.05, 3.63) is 77.5 Å². The summed E-state index contributed by atoms with van der Waals surface area (Å²) in [5, 5.41) is 1.61. The number of likely N-dealkylation sites (N-methyl/N-ethyl adjacent to an activating group) is 1. The number of nitrogens with two attached hydrogens (primary N) is 1. The number of thiazole rings is 1. The third kappa shape index (κ3) is 4.86. The molecular formula is C20H21N5O6S. The number of ether oxygens (including phenoxy) is 1. The van der Waals surface area contributed by atoms with E-state index in [4.69, 9.17) is 10.5 Å². The molecule has 0 saturated carbocycles. The van der Waals surface area contributed by atoms with Crippen molar-refractivity contribution in [3.63, 3.8) is 0 Å². The Hall–Kier alpha value is -3.93. The number of anilines is 2. The van der Waals surface area contributed by atoms with E-state index in [1.165, 1.54) is 11.6 Å². The molecule has 12 heteroatoms. The van der Waals surface area contributed by atoms with Gasteiger partial charge in [-0.1, -0.05) is 41.7 Å². The summed E-state index contributed by atoms with van der Waals surface area (Å²) >= 11 is 0.950. The van der Waals surface area contributed by atoms with Crippen LogP contribution in [0.2, 0.25) is 0 Å². The molecule has 0 unspecified atom stereocenters. The zero-order valence-electron chi connectivity index (χ0n) is 17.4. The van der Waals surface area contributed by atoms with Gasteiger partial charge in [0.05, 0.1) is 6.54 Å². The van der Waals surface area contributed by atoms with Gasteiger partial charge in [0.25, 0.3) is 11.5 Å². The number of H-pyrrole nitrogens is 1. The summed E-state index contributed by atoms with van der Waals surface area (Å²) in [5.41, 5.74) is 5.61. The van der Waals surface area contributed by atoms with E-state index in [0.29, 0.717) is 5.69 Å². The molecule has 0 spiro atoms. The van der Waals surface area contributed by atoms with Crippen LogP contribution in [-0.4, -0.2) is 39.6 Å². The molecule has 0 atom stereocenters. The Morgan fingerprint density at radius 3 is 2.47 bits per heavy atom. The molecule has 0 aliphatic carbocycles. The van der Waals surface area contributed by atoms with Gasteiger partial charge in [-0.15, -0.1) is 0 Å². The highest BCUT2D eigenvalue weighted by Gasteiger charge is 2.22. The van der Waals surface area contributed by atoms with Gasteiger partial charge in [-0.05, 0) is 12.5 Å². The molecule has 2 aromatic heterocycles. The number of nitrogens with one attached hydrogen (secondary N) is 1. The van der Waals surface area contributed by atoms with E-state index in [2.05, 4.69) is 4.98 Å². The highest BCUT2D eigenvalue weighted by atomic mass is 32.1. The Kier molecular flexibility index (Phi) is 6.73. The maximum Gasteiger partial charge on any atom is 0.330 e. The summed E-state index contributed by atoms with van der Waals surface area (Å²) in [7, 11) is 1.28. The number of amides is 1. The maximum absolute atomic E-state index is 12.5. The SMILES string of the molecule is Cc1csc(=O)n1CC(=O)OCC(=O)N(C)c1c(N)n(Cc2ccccc2)c(=O)[nH]c1=O. The predicted octanol–water partition coefficient (Wildman–Crippen LogP) is -0.0951. The number of esters is 1. The Labute approximate surface area is 185 Å². The lowest BCUT2D eigenvalue weighted by molar-refractivity contribution is -0.148. The first-order valence-electron chi connectivity index (χ1n) is 9.42. The topological polar surface area (TPSA) is 149 Å². The van der Waals surface area contributed by atoms with Crippen molar-refractivity contribution in [1.82, 2.24) is 14.1 Å². The van der Waals surface area contributed by atoms with E-state index >= 15 is 0 Å². The smallest absolute Gasteiger partial charge is 0.330 e. The molecule has 2 heterocycles. The predicted molar refractivity (Wildman–Crippen MR) is 119 cm³/mol. The highest BCUT2D eigenvalue weighted by molar-refractivity contribution is 7.07. The molecule has 3 aromatic rings. The molecule has 32 heavy (non-hydrogen) atoms. The van der Waals surface area contributed by atoms with E-state index in [9.17, 15) is 24.0 Å². The summed E-state index contributed by atoms with van der Waals surface area (Å²) in [6, 6.07) is 8.96. The molecule has 11 nitrogen and oxygen atoms in total. The molecule has 0 radical (unpaired) electrons. The van der Waals surface area contributed by atoms with Gasteiger partial charge in [-0.2, -0.15) is 0 Å². The fourth-order valence-electron chi connectivity index (χ4n) is 2.96. The molecular weight excluding hydrogens is 438 g/mol. The lowest BCUT2D eigenvalue weighted by Gasteiger charge is -2.20. The zero-order valence-corrected chi connectivity index (χ0v) is 18.2. The van der Waals surface area contributed by atoms with Crippen molar-refractivity contribution in [2.45, 2.75) is 20.0 Å². The average Bonchev–Trinajstić information content (AvgIpc) is 3.07. The standard InChI is InChI=1S/C20H21N5O6S/c1-12-11-32-20(30)24(12)9-15(27)31-10-14(26)23(2)16-17(21)25(19(29)22-18(16)28)8-13-6-4-3-5-7-13/h3-7,11H,8-10,21H2,1-2H3,(H,22,28,29). The third-order valence-electron chi connectivity index (χ3n) is 4.73. The van der Waals surface area contributed by atoms with Crippen molar-refractivity contribution < 1.29 is 14.3 Å². The Morgan fingerprint density at radius 1 is 1.16 bits per heavy atom. The monoisotopic (exact) mass is 459 g/mol. The molecule has 1 aromatic carbocycles. The second kappa shape index (κ2) is 9.47. The van der Waals surface area contributed by atoms with E-state index in [1.54, 1.807) is 36.6 Å². The van der Waals surface area contributed by atoms with Gasteiger partial charge in [0.2, 0.25) is 0 Å². The second-order valence-electron chi connectivity index (χ2n) is 6.91. The fraction of sp³-hybridized carbons (Fsp3) is 0.250. The van der Waals surface area contributed by atoms with Crippen molar-refractivity contribution in [1.29, 1.82) is 0 Å². The molecule has 3 N–H and O–H groups in total. The lowest BCUT2D eigenvalue weighted by atomic mass is 10.2. The number of hydrogen-bond donors (Lipinski definition) is 2. The molecule has 168 valence electrons. The van der Waals surface area contributed by atoms with Crippen molar-refractivity contribution in [2.75, 3.05) is 24.3 Å². The number of carbonyl (C=O) groups excluding carboxylic acids is 2. The number of carbonyl (C=O) groups is 2. The molecule has 0 bridgehead atoms. The van der Waals surface area contributed by atoms with Gasteiger partial charge in [0.1, 0.15) is 12.4 Å². The first-order valence-corrected chi connectivity index (χ1v) is 10.3. The first kappa shape index (κ1) is 22.7. The van der Waals surface area contributed by atoms with Crippen molar-refractivity contribution in [2.24, 2.45) is 0 Å². The quantitative estimate of drug-likeness (QED) is 0.469. The van der Waals surface area contributed by atoms with Gasteiger partial charge in [-0.3, -0.25) is 33.3 Å². The van der Waals surface area contributed by atoms with Crippen LogP contribution in [0.5, 0.6) is 0 Å². The Morgan fingerprint density at radius 2 is 1.84 bits per heavy atom. The van der Waals surface area contributed by atoms with Crippen LogP contribution in [0.25, 0.3) is 0 Å². The number of nitrogens with zero attached hydrogens (tertiary/aromatic N) is 3. The van der Waals surface area contributed by atoms with E-state index < -0.39 is 29.7 Å². The van der Waals surface area contributed by atoms with Crippen LogP contribution in [0, 0.1) is 6.92 Å². The summed E-state index contributed by atoms with van der Waals surface area (Å²) in [4.78, 5) is 63.6. The van der Waals surface area contributed by atoms with Crippen LogP contribution in [0.15, 0.2) is 50.1 Å². The van der Waals surface area contributed by atoms with Crippen LogP contribution in [0.3, 0.4) is 0 Å². The summed E-state index contributed by atoms with van der Waals surface area (Å²) in [5.74, 6) is -1.73. The number of nitrogen functional groups attached to an aromatic ring is 1. The largest absolute Gasteiger partial charge is 0.454 e. The molecule has 0 aliphatic rings. The summed E-state index contributed by atoms with van der Waals surface area (Å²) in [6.07, 6.45) is 0. The summed E-state index contributed by atoms with van der Waals surface area (Å²) in [6.45, 7) is 0.740. The van der Waals surface area contributed by atoms with Crippen molar-refractivity contribution in [3.8, 4) is 0 Å². The van der Waals surface area contributed by atoms with Gasteiger partial charge < -0.3 is 15.4 Å². The Bertz CT molecular complexity index is 1320. The van der Waals surface area contributed by atoms with Crippen LogP contribution < -0.4 is 26.8 Å². The fourth-order valence-corrected chi connectivity index (χ4v) is 3.69. The van der Waals surface area contributed by atoms with Crippen LogP contribution in [0.1, 0.15) is 11.3 Å². The Balaban J connectivity index is 1.75. The van der Waals surface area contributed by atoms with Gasteiger partial charge >= 0.3 is 16.5 Å². The zero-order chi connectivity index (χ0) is 23.4. The maximum atomic E-state index is 12.5. The molecule has 1 amide bonds. The van der Waals surface area contributed by atoms with Crippen LogP contribution in [-0.2, 0) is 27.4 Å². The van der Waals surface area contributed by atoms with E-state index in [1.807, 2.05) is 6.07 Å². The van der Waals surface area contributed by atoms with E-state index in [-0.39, 0.29) is 29.5 Å². The average molecular weight is 459 g/mol.